The van der Waals surface area contributed by atoms with E-state index >= 15 is 0 Å². The molecule has 1 N–H and O–H groups in total. The van der Waals surface area contributed by atoms with Crippen molar-refractivity contribution in [3.63, 3.8) is 0 Å². The van der Waals surface area contributed by atoms with Crippen LogP contribution < -0.4 is 18.9 Å². The molecule has 0 spiro atoms. The third-order valence-corrected chi connectivity index (χ3v) is 5.98. The van der Waals surface area contributed by atoms with E-state index in [9.17, 15) is 14.7 Å². The van der Waals surface area contributed by atoms with Crippen molar-refractivity contribution in [3.05, 3.63) is 83.2 Å². The van der Waals surface area contributed by atoms with E-state index in [1.54, 1.807) is 60.9 Å². The Hall–Kier alpha value is -4.53. The quantitative estimate of drug-likeness (QED) is 0.289. The van der Waals surface area contributed by atoms with Crippen LogP contribution in [0.3, 0.4) is 0 Å². The number of ether oxygens (including phenoxy) is 4. The molecule has 1 atom stereocenters. The molecule has 9 nitrogen and oxygen atoms in total. The number of Topliss-reactive ketones (excluding diaryl/α,β-unsaturated/α-hetero) is 1. The smallest absolute Gasteiger partial charge is 0.295 e. The van der Waals surface area contributed by atoms with Crippen LogP contribution in [0.4, 0.5) is 0 Å². The first-order valence-corrected chi connectivity index (χ1v) is 11.1. The largest absolute Gasteiger partial charge is 0.507 e. The Balaban J connectivity index is 1.97. The lowest BCUT2D eigenvalue weighted by atomic mass is 9.94. The molecule has 1 amide bonds. The van der Waals surface area contributed by atoms with Gasteiger partial charge in [0.05, 0.1) is 45.6 Å². The Bertz CT molecular complexity index is 1300. The van der Waals surface area contributed by atoms with Crippen LogP contribution in [0, 0.1) is 0 Å². The Morgan fingerprint density at radius 3 is 2.17 bits per heavy atom. The Labute approximate surface area is 208 Å². The maximum absolute atomic E-state index is 13.4. The summed E-state index contributed by atoms with van der Waals surface area (Å²) >= 11 is 0. The fourth-order valence-corrected chi connectivity index (χ4v) is 4.32. The summed E-state index contributed by atoms with van der Waals surface area (Å²) in [7, 11) is 5.89. The van der Waals surface area contributed by atoms with Crippen LogP contribution in [-0.2, 0) is 16.1 Å². The average Bonchev–Trinajstić information content (AvgIpc) is 3.17. The second kappa shape index (κ2) is 10.4. The van der Waals surface area contributed by atoms with E-state index in [-0.39, 0.29) is 23.4 Å². The fraction of sp³-hybridized carbons (Fsp3) is 0.222. The maximum Gasteiger partial charge on any atom is 0.295 e. The molecular formula is C27H26N2O7. The van der Waals surface area contributed by atoms with Crippen molar-refractivity contribution >= 4 is 17.4 Å². The summed E-state index contributed by atoms with van der Waals surface area (Å²) in [4.78, 5) is 32.2. The minimum Gasteiger partial charge on any atom is -0.507 e. The van der Waals surface area contributed by atoms with Gasteiger partial charge in [0.1, 0.15) is 11.5 Å². The van der Waals surface area contributed by atoms with Gasteiger partial charge in [-0.3, -0.25) is 14.6 Å². The molecule has 4 rings (SSSR count). The van der Waals surface area contributed by atoms with Crippen molar-refractivity contribution in [3.8, 4) is 23.0 Å². The molecule has 1 fully saturated rings. The van der Waals surface area contributed by atoms with E-state index in [4.69, 9.17) is 18.9 Å². The normalized spacial score (nSPS) is 16.7. The highest BCUT2D eigenvalue weighted by Gasteiger charge is 2.47. The van der Waals surface area contributed by atoms with Gasteiger partial charge in [0.2, 0.25) is 5.75 Å². The molecule has 0 bridgehead atoms. The number of aliphatic hydroxyl groups is 1. The Morgan fingerprint density at radius 1 is 0.917 bits per heavy atom. The van der Waals surface area contributed by atoms with Crippen molar-refractivity contribution in [2.45, 2.75) is 12.6 Å². The number of methoxy groups -OCH3 is 4. The van der Waals surface area contributed by atoms with Gasteiger partial charge in [-0.25, -0.2) is 0 Å². The number of hydrogen-bond acceptors (Lipinski definition) is 8. The highest BCUT2D eigenvalue weighted by atomic mass is 16.5. The standard InChI is InChI=1S/C27H26N2O7/c1-33-19-10-6-5-9-18(19)24(30)22-23(17-12-20(34-2)26(36-4)21(13-17)35-3)29(27(32)25(22)31)15-16-8-7-11-28-14-16/h5-14,23,30H,15H2,1-4H3/b24-22+. The minimum atomic E-state index is -0.955. The van der Waals surface area contributed by atoms with Crippen molar-refractivity contribution in [1.82, 2.24) is 9.88 Å². The maximum atomic E-state index is 13.4. The van der Waals surface area contributed by atoms with Crippen molar-refractivity contribution in [2.75, 3.05) is 28.4 Å². The van der Waals surface area contributed by atoms with Gasteiger partial charge in [0, 0.05) is 18.9 Å². The monoisotopic (exact) mass is 490 g/mol. The minimum absolute atomic E-state index is 0.0809. The lowest BCUT2D eigenvalue weighted by Crippen LogP contribution is -2.29. The number of likely N-dealkylation sites (tertiary alicyclic amines) is 1. The molecule has 1 aromatic heterocycles. The first-order chi connectivity index (χ1) is 17.4. The number of aromatic nitrogens is 1. The molecule has 0 saturated carbocycles. The molecule has 9 heteroatoms. The predicted molar refractivity (Wildman–Crippen MR) is 131 cm³/mol. The first kappa shape index (κ1) is 24.6. The van der Waals surface area contributed by atoms with Crippen molar-refractivity contribution in [2.24, 2.45) is 0 Å². The van der Waals surface area contributed by atoms with Crippen LogP contribution >= 0.6 is 0 Å². The molecule has 1 aliphatic heterocycles. The number of amides is 1. The Kier molecular flexibility index (Phi) is 7.10. The molecule has 186 valence electrons. The van der Waals surface area contributed by atoms with Crippen molar-refractivity contribution < 1.29 is 33.6 Å². The molecule has 2 heterocycles. The zero-order chi connectivity index (χ0) is 25.8. The zero-order valence-electron chi connectivity index (χ0n) is 20.3. The van der Waals surface area contributed by atoms with Gasteiger partial charge in [-0.05, 0) is 41.5 Å². The number of benzene rings is 2. The van der Waals surface area contributed by atoms with Gasteiger partial charge in [0.15, 0.2) is 11.5 Å². The van der Waals surface area contributed by atoms with Crippen LogP contribution in [0.25, 0.3) is 5.76 Å². The van der Waals surface area contributed by atoms with E-state index in [0.29, 0.717) is 34.1 Å². The van der Waals surface area contributed by atoms with E-state index in [0.717, 1.165) is 0 Å². The summed E-state index contributed by atoms with van der Waals surface area (Å²) < 4.78 is 21.8. The van der Waals surface area contributed by atoms with Crippen molar-refractivity contribution in [1.29, 1.82) is 0 Å². The number of rotatable bonds is 8. The number of hydrogen-bond donors (Lipinski definition) is 1. The SMILES string of the molecule is COc1ccccc1/C(O)=C1\C(=O)C(=O)N(Cc2cccnc2)C1c1cc(OC)c(OC)c(OC)c1. The molecule has 0 aliphatic carbocycles. The summed E-state index contributed by atoms with van der Waals surface area (Å²) in [6.07, 6.45) is 3.24. The number of ketones is 1. The molecule has 1 unspecified atom stereocenters. The van der Waals surface area contributed by atoms with Gasteiger partial charge in [-0.15, -0.1) is 0 Å². The first-order valence-electron chi connectivity index (χ1n) is 11.1. The van der Waals surface area contributed by atoms with E-state index in [2.05, 4.69) is 4.98 Å². The number of carbonyl (C=O) groups excluding carboxylic acids is 2. The topological polar surface area (TPSA) is 107 Å². The fourth-order valence-electron chi connectivity index (χ4n) is 4.32. The number of carbonyl (C=O) groups is 2. The number of para-hydroxylation sites is 1. The predicted octanol–water partition coefficient (Wildman–Crippen LogP) is 3.74. The summed E-state index contributed by atoms with van der Waals surface area (Å²) in [6, 6.07) is 12.6. The zero-order valence-corrected chi connectivity index (χ0v) is 20.3. The highest BCUT2D eigenvalue weighted by molar-refractivity contribution is 6.46. The summed E-state index contributed by atoms with van der Waals surface area (Å²) in [6.45, 7) is 0.0858. The van der Waals surface area contributed by atoms with Crippen LogP contribution in [-0.4, -0.2) is 55.1 Å². The summed E-state index contributed by atoms with van der Waals surface area (Å²) in [5.74, 6) is -0.518. The second-order valence-corrected chi connectivity index (χ2v) is 7.95. The van der Waals surface area contributed by atoms with Crippen LogP contribution in [0.2, 0.25) is 0 Å². The van der Waals surface area contributed by atoms with Crippen LogP contribution in [0.15, 0.2) is 66.5 Å². The summed E-state index contributed by atoms with van der Waals surface area (Å²) in [5.41, 5.74) is 1.41. The molecule has 2 aromatic carbocycles. The van der Waals surface area contributed by atoms with Gasteiger partial charge in [-0.2, -0.15) is 0 Å². The molecule has 1 aliphatic rings. The highest BCUT2D eigenvalue weighted by Crippen LogP contribution is 2.46. The molecule has 3 aromatic rings. The second-order valence-electron chi connectivity index (χ2n) is 7.95. The van der Waals surface area contributed by atoms with Gasteiger partial charge in [-0.1, -0.05) is 18.2 Å². The lowest BCUT2D eigenvalue weighted by Gasteiger charge is -2.26. The number of aliphatic hydroxyl groups excluding tert-OH is 1. The molecular weight excluding hydrogens is 464 g/mol. The summed E-state index contributed by atoms with van der Waals surface area (Å²) in [5, 5.41) is 11.4. The van der Waals surface area contributed by atoms with Crippen LogP contribution in [0.5, 0.6) is 23.0 Å². The third-order valence-electron chi connectivity index (χ3n) is 5.98. The average molecular weight is 491 g/mol. The van der Waals surface area contributed by atoms with Gasteiger partial charge in [0.25, 0.3) is 11.7 Å². The molecule has 36 heavy (non-hydrogen) atoms. The van der Waals surface area contributed by atoms with Gasteiger partial charge >= 0.3 is 0 Å². The number of nitrogens with zero attached hydrogens (tertiary/aromatic N) is 2. The van der Waals surface area contributed by atoms with Gasteiger partial charge < -0.3 is 29.0 Å². The van der Waals surface area contributed by atoms with E-state index < -0.39 is 17.7 Å². The Morgan fingerprint density at radius 2 is 1.58 bits per heavy atom. The molecule has 0 radical (unpaired) electrons. The van der Waals surface area contributed by atoms with E-state index in [1.807, 2.05) is 0 Å². The lowest BCUT2D eigenvalue weighted by molar-refractivity contribution is -0.140. The number of pyridine rings is 1. The molecule has 1 saturated heterocycles. The van der Waals surface area contributed by atoms with Crippen LogP contribution in [0.1, 0.15) is 22.7 Å². The van der Waals surface area contributed by atoms with E-state index in [1.165, 1.54) is 33.3 Å². The third kappa shape index (κ3) is 4.31.